The van der Waals surface area contributed by atoms with E-state index in [2.05, 4.69) is 0 Å². The Labute approximate surface area is 128 Å². The molecule has 106 valence electrons. The van der Waals surface area contributed by atoms with Crippen LogP contribution in [0.2, 0.25) is 0 Å². The van der Waals surface area contributed by atoms with Crippen molar-refractivity contribution < 1.29 is 4.79 Å². The van der Waals surface area contributed by atoms with Crippen LogP contribution in [0.1, 0.15) is 21.6 Å². The van der Waals surface area contributed by atoms with E-state index in [1.54, 1.807) is 35.0 Å². The second kappa shape index (κ2) is 5.58. The highest BCUT2D eigenvalue weighted by molar-refractivity contribution is 6.12. The van der Waals surface area contributed by atoms with Crippen molar-refractivity contribution in [2.75, 3.05) is 5.73 Å². The molecule has 0 saturated heterocycles. The average molecular weight is 287 g/mol. The van der Waals surface area contributed by atoms with Crippen LogP contribution in [0.4, 0.5) is 5.69 Å². The summed E-state index contributed by atoms with van der Waals surface area (Å²) in [6, 6.07) is 20.3. The number of carbonyl (C=O) groups is 1. The number of benzene rings is 2. The first-order chi connectivity index (χ1) is 10.7. The minimum absolute atomic E-state index is 0.205. The van der Waals surface area contributed by atoms with Crippen molar-refractivity contribution in [2.45, 2.75) is 0 Å². The molecule has 2 aromatic carbocycles. The van der Waals surface area contributed by atoms with Crippen molar-refractivity contribution in [1.82, 2.24) is 4.57 Å². The molecule has 4 heteroatoms. The predicted molar refractivity (Wildman–Crippen MR) is 84.8 cm³/mol. The summed E-state index contributed by atoms with van der Waals surface area (Å²) in [6.07, 6.45) is 1.60. The Morgan fingerprint density at radius 2 is 1.59 bits per heavy atom. The third-order valence-corrected chi connectivity index (χ3v) is 3.45. The Bertz CT molecular complexity index is 859. The zero-order valence-corrected chi connectivity index (χ0v) is 11.7. The molecule has 0 saturated carbocycles. The van der Waals surface area contributed by atoms with E-state index in [1.165, 1.54) is 0 Å². The summed E-state index contributed by atoms with van der Waals surface area (Å²) in [5.41, 5.74) is 8.17. The van der Waals surface area contributed by atoms with E-state index in [9.17, 15) is 10.1 Å². The van der Waals surface area contributed by atoms with Crippen molar-refractivity contribution in [3.8, 4) is 11.8 Å². The third kappa shape index (κ3) is 2.25. The topological polar surface area (TPSA) is 71.8 Å². The summed E-state index contributed by atoms with van der Waals surface area (Å²) < 4.78 is 1.67. The lowest BCUT2D eigenvalue weighted by molar-refractivity contribution is 0.103. The van der Waals surface area contributed by atoms with Crippen molar-refractivity contribution in [1.29, 1.82) is 5.26 Å². The smallest absolute Gasteiger partial charge is 0.211 e. The van der Waals surface area contributed by atoms with Gasteiger partial charge in [0.15, 0.2) is 0 Å². The zero-order chi connectivity index (χ0) is 15.5. The second-order valence-electron chi connectivity index (χ2n) is 4.82. The van der Waals surface area contributed by atoms with E-state index in [-0.39, 0.29) is 11.5 Å². The summed E-state index contributed by atoms with van der Waals surface area (Å²) in [5.74, 6) is -0.205. The first kappa shape index (κ1) is 13.7. The van der Waals surface area contributed by atoms with E-state index in [0.717, 1.165) is 5.69 Å². The van der Waals surface area contributed by atoms with Crippen LogP contribution < -0.4 is 5.73 Å². The number of rotatable bonds is 3. The number of nitrogen functional groups attached to an aromatic ring is 1. The number of nitriles is 1. The number of hydrogen-bond donors (Lipinski definition) is 1. The van der Waals surface area contributed by atoms with E-state index in [4.69, 9.17) is 5.73 Å². The Morgan fingerprint density at radius 3 is 2.18 bits per heavy atom. The summed E-state index contributed by atoms with van der Waals surface area (Å²) >= 11 is 0. The molecule has 2 N–H and O–H groups in total. The van der Waals surface area contributed by atoms with Crippen molar-refractivity contribution >= 4 is 11.5 Å². The monoisotopic (exact) mass is 287 g/mol. The van der Waals surface area contributed by atoms with Gasteiger partial charge < -0.3 is 10.3 Å². The van der Waals surface area contributed by atoms with Gasteiger partial charge in [0.1, 0.15) is 11.8 Å². The Kier molecular flexibility index (Phi) is 3.47. The molecular formula is C18H13N3O. The van der Waals surface area contributed by atoms with Crippen molar-refractivity contribution in [3.05, 3.63) is 83.7 Å². The van der Waals surface area contributed by atoms with Crippen LogP contribution in [0.5, 0.6) is 0 Å². The molecule has 1 aromatic heterocycles. The number of carbonyl (C=O) groups excluding carboxylic acids is 1. The third-order valence-electron chi connectivity index (χ3n) is 3.45. The highest BCUT2D eigenvalue weighted by atomic mass is 16.1. The van der Waals surface area contributed by atoms with E-state index in [1.807, 2.05) is 42.5 Å². The van der Waals surface area contributed by atoms with E-state index >= 15 is 0 Å². The average Bonchev–Trinajstić information content (AvgIpc) is 2.92. The Morgan fingerprint density at radius 1 is 1.00 bits per heavy atom. The number of nitrogens with zero attached hydrogens (tertiary/aromatic N) is 2. The molecule has 0 aliphatic rings. The molecule has 0 amide bonds. The van der Waals surface area contributed by atoms with Gasteiger partial charge in [0, 0.05) is 17.4 Å². The largest absolute Gasteiger partial charge is 0.396 e. The molecule has 0 fully saturated rings. The zero-order valence-electron chi connectivity index (χ0n) is 11.7. The molecule has 0 bridgehead atoms. The van der Waals surface area contributed by atoms with Crippen LogP contribution >= 0.6 is 0 Å². The van der Waals surface area contributed by atoms with Crippen LogP contribution in [0.3, 0.4) is 0 Å². The fourth-order valence-corrected chi connectivity index (χ4v) is 2.36. The first-order valence-electron chi connectivity index (χ1n) is 6.78. The van der Waals surface area contributed by atoms with Crippen LogP contribution in [-0.2, 0) is 0 Å². The van der Waals surface area contributed by atoms with Gasteiger partial charge in [-0.25, -0.2) is 0 Å². The standard InChI is InChI=1S/C18H13N3O/c19-11-14-12-21(15-9-5-2-6-10-15)17(16(14)20)18(22)13-7-3-1-4-8-13/h1-10,12H,20H2. The molecule has 4 nitrogen and oxygen atoms in total. The van der Waals surface area contributed by atoms with Crippen molar-refractivity contribution in [3.63, 3.8) is 0 Å². The molecule has 1 heterocycles. The van der Waals surface area contributed by atoms with Crippen LogP contribution in [0.25, 0.3) is 5.69 Å². The SMILES string of the molecule is N#Cc1cn(-c2ccccc2)c(C(=O)c2ccccc2)c1N. The maximum absolute atomic E-state index is 12.8. The molecule has 0 unspecified atom stereocenters. The lowest BCUT2D eigenvalue weighted by Crippen LogP contribution is -2.10. The number of aromatic nitrogens is 1. The summed E-state index contributed by atoms with van der Waals surface area (Å²) in [5, 5.41) is 9.20. The maximum atomic E-state index is 12.8. The quantitative estimate of drug-likeness (QED) is 0.752. The van der Waals surface area contributed by atoms with Gasteiger partial charge in [0.05, 0.1) is 11.3 Å². The normalized spacial score (nSPS) is 10.1. The van der Waals surface area contributed by atoms with Gasteiger partial charge in [-0.2, -0.15) is 5.26 Å². The summed E-state index contributed by atoms with van der Waals surface area (Å²) in [6.45, 7) is 0. The molecule has 3 rings (SSSR count). The number of nitrogens with two attached hydrogens (primary N) is 1. The van der Waals surface area contributed by atoms with Gasteiger partial charge in [-0.15, -0.1) is 0 Å². The summed E-state index contributed by atoms with van der Waals surface area (Å²) in [7, 11) is 0. The molecule has 0 aliphatic heterocycles. The molecule has 0 atom stereocenters. The van der Waals surface area contributed by atoms with Crippen molar-refractivity contribution in [2.24, 2.45) is 0 Å². The highest BCUT2D eigenvalue weighted by Gasteiger charge is 2.21. The number of ketones is 1. The van der Waals surface area contributed by atoms with Crippen LogP contribution in [0.15, 0.2) is 66.9 Å². The fraction of sp³-hybridized carbons (Fsp3) is 0. The minimum atomic E-state index is -0.205. The molecule has 22 heavy (non-hydrogen) atoms. The molecule has 0 radical (unpaired) electrons. The molecule has 0 spiro atoms. The second-order valence-corrected chi connectivity index (χ2v) is 4.82. The number of hydrogen-bond acceptors (Lipinski definition) is 3. The summed E-state index contributed by atoms with van der Waals surface area (Å²) in [4.78, 5) is 12.8. The highest BCUT2D eigenvalue weighted by Crippen LogP contribution is 2.26. The Hall–Kier alpha value is -3.32. The van der Waals surface area contributed by atoms with Gasteiger partial charge in [0.2, 0.25) is 5.78 Å². The van der Waals surface area contributed by atoms with Crippen LogP contribution in [0, 0.1) is 11.3 Å². The molecular weight excluding hydrogens is 274 g/mol. The lowest BCUT2D eigenvalue weighted by atomic mass is 10.1. The van der Waals surface area contributed by atoms with Crippen LogP contribution in [-0.4, -0.2) is 10.4 Å². The van der Waals surface area contributed by atoms with E-state index in [0.29, 0.717) is 16.8 Å². The molecule has 3 aromatic rings. The number of para-hydroxylation sites is 1. The maximum Gasteiger partial charge on any atom is 0.211 e. The fourth-order valence-electron chi connectivity index (χ4n) is 2.36. The van der Waals surface area contributed by atoms with Gasteiger partial charge >= 0.3 is 0 Å². The minimum Gasteiger partial charge on any atom is -0.396 e. The van der Waals surface area contributed by atoms with Gasteiger partial charge in [-0.3, -0.25) is 4.79 Å². The number of anilines is 1. The molecule has 0 aliphatic carbocycles. The van der Waals surface area contributed by atoms with Gasteiger partial charge in [-0.1, -0.05) is 48.5 Å². The van der Waals surface area contributed by atoms with E-state index < -0.39 is 0 Å². The Balaban J connectivity index is 2.21. The first-order valence-corrected chi connectivity index (χ1v) is 6.78. The van der Waals surface area contributed by atoms with Gasteiger partial charge in [-0.05, 0) is 12.1 Å². The predicted octanol–water partition coefficient (Wildman–Crippen LogP) is 3.16. The van der Waals surface area contributed by atoms with Gasteiger partial charge in [0.25, 0.3) is 0 Å². The lowest BCUT2D eigenvalue weighted by Gasteiger charge is -2.09.